The number of alkyl halides is 2. The lowest BCUT2D eigenvalue weighted by molar-refractivity contribution is 0.0210. The molecule has 1 saturated heterocycles. The standard InChI is InChI=1S/C10H14Cl2FNO2S/c1-8(2)6-3-4-9(8)5-17(15,16)14(13)7(9)10(6,11)12/h6-7H,3-5H2,1-2H3/t6-,7+,9-/m1/s1. The summed E-state index contributed by atoms with van der Waals surface area (Å²) in [6, 6.07) is -0.933. The lowest BCUT2D eigenvalue weighted by atomic mass is 9.69. The van der Waals surface area contributed by atoms with E-state index >= 15 is 0 Å². The molecular weight excluding hydrogens is 288 g/mol. The highest BCUT2D eigenvalue weighted by Crippen LogP contribution is 2.75. The van der Waals surface area contributed by atoms with Crippen LogP contribution in [0.4, 0.5) is 4.48 Å². The van der Waals surface area contributed by atoms with Gasteiger partial charge < -0.3 is 0 Å². The van der Waals surface area contributed by atoms with Gasteiger partial charge >= 0.3 is 0 Å². The third-order valence-electron chi connectivity index (χ3n) is 5.29. The number of halogens is 3. The van der Waals surface area contributed by atoms with Crippen LogP contribution in [0.15, 0.2) is 0 Å². The van der Waals surface area contributed by atoms with E-state index in [-0.39, 0.29) is 21.6 Å². The Hall–Kier alpha value is 0.420. The van der Waals surface area contributed by atoms with E-state index in [0.29, 0.717) is 6.42 Å². The van der Waals surface area contributed by atoms with Crippen LogP contribution in [0.2, 0.25) is 0 Å². The predicted octanol–water partition coefficient (Wildman–Crippen LogP) is 2.50. The average Bonchev–Trinajstić information content (AvgIpc) is 2.53. The Balaban J connectivity index is 2.25. The van der Waals surface area contributed by atoms with Crippen molar-refractivity contribution in [3.05, 3.63) is 0 Å². The fourth-order valence-electron chi connectivity index (χ4n) is 4.37. The van der Waals surface area contributed by atoms with Crippen LogP contribution < -0.4 is 0 Å². The summed E-state index contributed by atoms with van der Waals surface area (Å²) in [5.74, 6) is -0.233. The van der Waals surface area contributed by atoms with Crippen molar-refractivity contribution in [2.75, 3.05) is 5.75 Å². The van der Waals surface area contributed by atoms with E-state index < -0.39 is 25.8 Å². The van der Waals surface area contributed by atoms with Crippen molar-refractivity contribution in [3.63, 3.8) is 0 Å². The second-order valence-corrected chi connectivity index (χ2v) is 9.29. The molecule has 0 aromatic rings. The molecule has 0 aromatic heterocycles. The fourth-order valence-corrected chi connectivity index (χ4v) is 7.97. The molecule has 3 aliphatic rings. The molecule has 0 amide bonds. The molecular formula is C10H14Cl2FNO2S. The van der Waals surface area contributed by atoms with Gasteiger partial charge in [0.2, 0.25) is 10.0 Å². The highest BCUT2D eigenvalue weighted by Gasteiger charge is 2.80. The first-order valence-electron chi connectivity index (χ1n) is 5.63. The van der Waals surface area contributed by atoms with Gasteiger partial charge in [-0.1, -0.05) is 37.0 Å². The van der Waals surface area contributed by atoms with Crippen molar-refractivity contribution in [3.8, 4) is 0 Å². The van der Waals surface area contributed by atoms with E-state index in [1.165, 1.54) is 0 Å². The summed E-state index contributed by atoms with van der Waals surface area (Å²) in [5, 5.41) is 0. The van der Waals surface area contributed by atoms with Crippen molar-refractivity contribution < 1.29 is 12.9 Å². The Morgan fingerprint density at radius 3 is 2.47 bits per heavy atom. The minimum absolute atomic E-state index is 0.0583. The summed E-state index contributed by atoms with van der Waals surface area (Å²) < 4.78 is 36.2. The zero-order chi connectivity index (χ0) is 12.9. The molecule has 7 heteroatoms. The molecule has 0 radical (unpaired) electrons. The smallest absolute Gasteiger partial charge is 0.210 e. The Labute approximate surface area is 110 Å². The van der Waals surface area contributed by atoms with Gasteiger partial charge in [-0.2, -0.15) is 0 Å². The molecule has 2 aliphatic carbocycles. The summed E-state index contributed by atoms with van der Waals surface area (Å²) in [5.41, 5.74) is -0.996. The summed E-state index contributed by atoms with van der Waals surface area (Å²) in [7, 11) is -3.87. The number of hydrogen-bond donors (Lipinski definition) is 0. The number of hydrogen-bond acceptors (Lipinski definition) is 2. The lowest BCUT2D eigenvalue weighted by Crippen LogP contribution is -2.47. The maximum Gasteiger partial charge on any atom is 0.241 e. The van der Waals surface area contributed by atoms with Gasteiger partial charge in [0.1, 0.15) is 4.33 Å². The van der Waals surface area contributed by atoms with Gasteiger partial charge in [-0.25, -0.2) is 8.42 Å². The molecule has 2 saturated carbocycles. The summed E-state index contributed by atoms with van der Waals surface area (Å²) in [6.45, 7) is 3.91. The topological polar surface area (TPSA) is 37.4 Å². The first kappa shape index (κ1) is 12.5. The summed E-state index contributed by atoms with van der Waals surface area (Å²) in [6.07, 6.45) is 1.44. The number of sulfonamides is 1. The molecule has 1 spiro atoms. The molecule has 3 atom stereocenters. The summed E-state index contributed by atoms with van der Waals surface area (Å²) >= 11 is 12.6. The Bertz CT molecular complexity index is 493. The molecule has 1 aliphatic heterocycles. The first-order chi connectivity index (χ1) is 7.57. The van der Waals surface area contributed by atoms with Crippen LogP contribution in [0.5, 0.6) is 0 Å². The van der Waals surface area contributed by atoms with Crippen molar-refractivity contribution >= 4 is 33.2 Å². The highest BCUT2D eigenvalue weighted by atomic mass is 35.5. The minimum Gasteiger partial charge on any atom is -0.210 e. The third-order valence-corrected chi connectivity index (χ3v) is 7.86. The Kier molecular flexibility index (Phi) is 2.16. The van der Waals surface area contributed by atoms with Crippen LogP contribution >= 0.6 is 23.2 Å². The minimum atomic E-state index is -3.87. The van der Waals surface area contributed by atoms with Crippen molar-refractivity contribution in [1.82, 2.24) is 4.53 Å². The first-order valence-corrected chi connectivity index (χ1v) is 7.99. The fraction of sp³-hybridized carbons (Fsp3) is 1.00. The van der Waals surface area contributed by atoms with Gasteiger partial charge in [0.25, 0.3) is 0 Å². The second-order valence-electron chi connectivity index (χ2n) is 6.04. The maximum atomic E-state index is 14.0. The predicted molar refractivity (Wildman–Crippen MR) is 63.9 cm³/mol. The molecule has 2 bridgehead atoms. The maximum absolute atomic E-state index is 14.0. The van der Waals surface area contributed by atoms with Gasteiger partial charge in [-0.3, -0.25) is 0 Å². The Morgan fingerprint density at radius 2 is 1.94 bits per heavy atom. The van der Waals surface area contributed by atoms with Gasteiger partial charge in [-0.05, 0) is 28.7 Å². The molecule has 0 unspecified atom stereocenters. The molecule has 3 nitrogen and oxygen atoms in total. The lowest BCUT2D eigenvalue weighted by Gasteiger charge is -2.36. The average molecular weight is 302 g/mol. The van der Waals surface area contributed by atoms with Crippen molar-refractivity contribution in [2.24, 2.45) is 16.7 Å². The van der Waals surface area contributed by atoms with Gasteiger partial charge in [0.05, 0.1) is 11.8 Å². The van der Waals surface area contributed by atoms with Crippen LogP contribution in [0.1, 0.15) is 26.7 Å². The van der Waals surface area contributed by atoms with Gasteiger partial charge in [0.15, 0.2) is 0 Å². The zero-order valence-corrected chi connectivity index (χ0v) is 11.9. The van der Waals surface area contributed by atoms with E-state index in [1.54, 1.807) is 0 Å². The SMILES string of the molecule is CC1(C)[C@H]2CC[C@]13CS(=O)(=O)N(F)[C@@H]3C2(Cl)Cl. The molecule has 98 valence electrons. The van der Waals surface area contributed by atoms with E-state index in [1.807, 2.05) is 13.8 Å². The van der Waals surface area contributed by atoms with E-state index in [0.717, 1.165) is 6.42 Å². The molecule has 3 fully saturated rings. The number of rotatable bonds is 0. The Morgan fingerprint density at radius 1 is 1.35 bits per heavy atom. The zero-order valence-electron chi connectivity index (χ0n) is 9.58. The van der Waals surface area contributed by atoms with Gasteiger partial charge in [-0.15, -0.1) is 4.48 Å². The van der Waals surface area contributed by atoms with E-state index in [2.05, 4.69) is 0 Å². The number of fused-ring (bicyclic) bond motifs is 1. The molecule has 17 heavy (non-hydrogen) atoms. The third kappa shape index (κ3) is 1.11. The van der Waals surface area contributed by atoms with Crippen molar-refractivity contribution in [1.29, 1.82) is 0 Å². The highest BCUT2D eigenvalue weighted by molar-refractivity contribution is 7.89. The monoisotopic (exact) mass is 301 g/mol. The molecule has 0 aromatic carbocycles. The summed E-state index contributed by atoms with van der Waals surface area (Å²) in [4.78, 5) is 0. The van der Waals surface area contributed by atoms with Crippen LogP contribution in [0.25, 0.3) is 0 Å². The normalized spacial score (nSPS) is 49.5. The van der Waals surface area contributed by atoms with Crippen LogP contribution in [0.3, 0.4) is 0 Å². The van der Waals surface area contributed by atoms with Crippen LogP contribution in [-0.2, 0) is 10.0 Å². The van der Waals surface area contributed by atoms with Gasteiger partial charge in [0, 0.05) is 5.41 Å². The molecule has 1 heterocycles. The van der Waals surface area contributed by atoms with Crippen LogP contribution in [-0.4, -0.2) is 29.1 Å². The quantitative estimate of drug-likeness (QED) is 0.509. The van der Waals surface area contributed by atoms with E-state index in [9.17, 15) is 12.9 Å². The van der Waals surface area contributed by atoms with Crippen LogP contribution in [0, 0.1) is 16.7 Å². The largest absolute Gasteiger partial charge is 0.241 e. The molecule has 3 rings (SSSR count). The van der Waals surface area contributed by atoms with Crippen molar-refractivity contribution in [2.45, 2.75) is 37.1 Å². The number of nitrogens with zero attached hydrogens (tertiary/aromatic N) is 1. The van der Waals surface area contributed by atoms with E-state index in [4.69, 9.17) is 23.2 Å². The second kappa shape index (κ2) is 2.94. The molecule has 0 N–H and O–H groups in total.